The van der Waals surface area contributed by atoms with Gasteiger partial charge < -0.3 is 20.7 Å². The summed E-state index contributed by atoms with van der Waals surface area (Å²) in [6, 6.07) is 7.57. The third-order valence-electron chi connectivity index (χ3n) is 3.94. The van der Waals surface area contributed by atoms with Crippen LogP contribution in [0.1, 0.15) is 24.3 Å². The summed E-state index contributed by atoms with van der Waals surface area (Å²) in [5.74, 6) is 0.498. The molecule has 0 saturated carbocycles. The molecule has 134 valence electrons. The molecule has 2 aromatic rings. The van der Waals surface area contributed by atoms with Crippen molar-refractivity contribution in [3.8, 4) is 17.0 Å². The van der Waals surface area contributed by atoms with Crippen LogP contribution in [-0.2, 0) is 0 Å². The summed E-state index contributed by atoms with van der Waals surface area (Å²) < 4.78 is 5.83. The van der Waals surface area contributed by atoms with Gasteiger partial charge in [-0.1, -0.05) is 26.0 Å². The van der Waals surface area contributed by atoms with Gasteiger partial charge in [-0.25, -0.2) is 9.97 Å². The predicted octanol–water partition coefficient (Wildman–Crippen LogP) is 1.81. The Morgan fingerprint density at radius 3 is 2.76 bits per heavy atom. The zero-order valence-electron chi connectivity index (χ0n) is 15.0. The van der Waals surface area contributed by atoms with Gasteiger partial charge in [0.1, 0.15) is 12.4 Å². The van der Waals surface area contributed by atoms with Crippen molar-refractivity contribution in [1.82, 2.24) is 20.2 Å². The molecule has 0 radical (unpaired) electrons. The molecule has 0 atom stereocenters. The van der Waals surface area contributed by atoms with E-state index in [1.165, 1.54) is 7.05 Å². The molecule has 7 heteroatoms. The molecule has 0 fully saturated rings. The summed E-state index contributed by atoms with van der Waals surface area (Å²) in [5.41, 5.74) is 7.24. The average Bonchev–Trinajstić information content (AvgIpc) is 2.65. The lowest BCUT2D eigenvalue weighted by atomic mass is 10.1. The minimum atomic E-state index is -0.363. The zero-order valence-corrected chi connectivity index (χ0v) is 15.0. The number of carbonyl (C=O) groups excluding carboxylic acids is 1. The van der Waals surface area contributed by atoms with Crippen molar-refractivity contribution >= 4 is 11.7 Å². The predicted molar refractivity (Wildman–Crippen MR) is 98.6 cm³/mol. The molecule has 1 amide bonds. The van der Waals surface area contributed by atoms with E-state index in [0.29, 0.717) is 12.3 Å². The number of amides is 1. The second-order valence-corrected chi connectivity index (χ2v) is 5.47. The Morgan fingerprint density at radius 2 is 2.08 bits per heavy atom. The van der Waals surface area contributed by atoms with E-state index >= 15 is 0 Å². The normalized spacial score (nSPS) is 10.7. The second-order valence-electron chi connectivity index (χ2n) is 5.47. The van der Waals surface area contributed by atoms with E-state index in [4.69, 9.17) is 10.5 Å². The van der Waals surface area contributed by atoms with Crippen molar-refractivity contribution in [2.24, 2.45) is 0 Å². The molecular weight excluding hydrogens is 318 g/mol. The first-order valence-electron chi connectivity index (χ1n) is 8.39. The number of nitrogens with two attached hydrogens (primary N) is 1. The van der Waals surface area contributed by atoms with Crippen molar-refractivity contribution in [3.63, 3.8) is 0 Å². The third kappa shape index (κ3) is 4.90. The summed E-state index contributed by atoms with van der Waals surface area (Å²) in [5, 5.41) is 2.51. The zero-order chi connectivity index (χ0) is 18.2. The highest BCUT2D eigenvalue weighted by Crippen LogP contribution is 2.23. The summed E-state index contributed by atoms with van der Waals surface area (Å²) in [7, 11) is 1.53. The quantitative estimate of drug-likeness (QED) is 0.759. The van der Waals surface area contributed by atoms with Crippen LogP contribution in [0, 0.1) is 0 Å². The smallest absolute Gasteiger partial charge is 0.273 e. The first kappa shape index (κ1) is 18.7. The van der Waals surface area contributed by atoms with Crippen LogP contribution >= 0.6 is 0 Å². The fraction of sp³-hybridized carbons (Fsp3) is 0.389. The summed E-state index contributed by atoms with van der Waals surface area (Å²) in [6.07, 6.45) is 1.55. The SMILES string of the molecule is CCN(CC)CCOc1cccc(-c2cnc(N)c(C(=O)NC)n2)c1. The van der Waals surface area contributed by atoms with E-state index in [0.717, 1.165) is 30.9 Å². The number of likely N-dealkylation sites (N-methyl/N-ethyl adjacent to an activating group) is 1. The van der Waals surface area contributed by atoms with Crippen LogP contribution in [0.15, 0.2) is 30.5 Å². The van der Waals surface area contributed by atoms with Gasteiger partial charge in [0, 0.05) is 19.2 Å². The van der Waals surface area contributed by atoms with Gasteiger partial charge in [-0.15, -0.1) is 0 Å². The largest absolute Gasteiger partial charge is 0.492 e. The monoisotopic (exact) mass is 343 g/mol. The number of nitrogen functional groups attached to an aromatic ring is 1. The molecule has 0 saturated heterocycles. The maximum absolute atomic E-state index is 11.8. The van der Waals surface area contributed by atoms with E-state index in [9.17, 15) is 4.79 Å². The van der Waals surface area contributed by atoms with Crippen LogP contribution in [0.25, 0.3) is 11.3 Å². The van der Waals surface area contributed by atoms with Crippen molar-refractivity contribution in [2.75, 3.05) is 39.0 Å². The number of anilines is 1. The maximum atomic E-state index is 11.8. The van der Waals surface area contributed by atoms with Gasteiger partial charge in [-0.3, -0.25) is 4.79 Å². The highest BCUT2D eigenvalue weighted by molar-refractivity contribution is 5.96. The highest BCUT2D eigenvalue weighted by atomic mass is 16.5. The number of nitrogens with one attached hydrogen (secondary N) is 1. The van der Waals surface area contributed by atoms with E-state index in [1.54, 1.807) is 6.20 Å². The maximum Gasteiger partial charge on any atom is 0.273 e. The number of ether oxygens (including phenoxy) is 1. The highest BCUT2D eigenvalue weighted by Gasteiger charge is 2.13. The van der Waals surface area contributed by atoms with E-state index < -0.39 is 0 Å². The number of carbonyl (C=O) groups is 1. The molecule has 0 aliphatic heterocycles. The fourth-order valence-corrected chi connectivity index (χ4v) is 2.40. The van der Waals surface area contributed by atoms with Gasteiger partial charge in [-0.05, 0) is 25.2 Å². The summed E-state index contributed by atoms with van der Waals surface area (Å²) in [4.78, 5) is 22.5. The molecule has 2 rings (SSSR count). The molecule has 1 heterocycles. The van der Waals surface area contributed by atoms with Crippen LogP contribution < -0.4 is 15.8 Å². The minimum Gasteiger partial charge on any atom is -0.492 e. The van der Waals surface area contributed by atoms with Gasteiger partial charge >= 0.3 is 0 Å². The Hall–Kier alpha value is -2.67. The average molecular weight is 343 g/mol. The Balaban J connectivity index is 2.14. The molecule has 0 spiro atoms. The first-order valence-corrected chi connectivity index (χ1v) is 8.39. The van der Waals surface area contributed by atoms with Crippen LogP contribution in [-0.4, -0.2) is 54.1 Å². The van der Waals surface area contributed by atoms with Crippen molar-refractivity contribution < 1.29 is 9.53 Å². The van der Waals surface area contributed by atoms with E-state index in [1.807, 2.05) is 24.3 Å². The molecule has 1 aromatic heterocycles. The molecule has 7 nitrogen and oxygen atoms in total. The molecule has 25 heavy (non-hydrogen) atoms. The first-order chi connectivity index (χ1) is 12.1. The Labute approximate surface area is 148 Å². The fourth-order valence-electron chi connectivity index (χ4n) is 2.40. The molecule has 0 unspecified atom stereocenters. The standard InChI is InChI=1S/C18H25N5O2/c1-4-23(5-2)9-10-25-14-8-6-7-13(11-14)15-12-21-17(19)16(22-15)18(24)20-3/h6-8,11-12H,4-5,9-10H2,1-3H3,(H2,19,21)(H,20,24). The molecule has 3 N–H and O–H groups in total. The Kier molecular flexibility index (Phi) is 6.71. The van der Waals surface area contributed by atoms with Crippen molar-refractivity contribution in [2.45, 2.75) is 13.8 Å². The number of hydrogen-bond acceptors (Lipinski definition) is 6. The number of nitrogens with zero attached hydrogens (tertiary/aromatic N) is 3. The van der Waals surface area contributed by atoms with Crippen LogP contribution in [0.2, 0.25) is 0 Å². The third-order valence-corrected chi connectivity index (χ3v) is 3.94. The van der Waals surface area contributed by atoms with E-state index in [2.05, 4.69) is 34.0 Å². The number of hydrogen-bond donors (Lipinski definition) is 2. The number of benzene rings is 1. The summed E-state index contributed by atoms with van der Waals surface area (Å²) in [6.45, 7) is 7.76. The van der Waals surface area contributed by atoms with Crippen LogP contribution in [0.3, 0.4) is 0 Å². The Bertz CT molecular complexity index is 716. The molecule has 0 aliphatic rings. The Morgan fingerprint density at radius 1 is 1.32 bits per heavy atom. The minimum absolute atomic E-state index is 0.106. The van der Waals surface area contributed by atoms with Crippen molar-refractivity contribution in [1.29, 1.82) is 0 Å². The van der Waals surface area contributed by atoms with Gasteiger partial charge in [0.2, 0.25) is 0 Å². The second kappa shape index (κ2) is 8.98. The van der Waals surface area contributed by atoms with Gasteiger partial charge in [0.15, 0.2) is 11.5 Å². The van der Waals surface area contributed by atoms with Crippen LogP contribution in [0.5, 0.6) is 5.75 Å². The van der Waals surface area contributed by atoms with Gasteiger partial charge in [-0.2, -0.15) is 0 Å². The topological polar surface area (TPSA) is 93.4 Å². The van der Waals surface area contributed by atoms with E-state index in [-0.39, 0.29) is 17.4 Å². The number of rotatable bonds is 8. The lowest BCUT2D eigenvalue weighted by molar-refractivity contribution is 0.0959. The molecular formula is C18H25N5O2. The molecule has 0 aliphatic carbocycles. The molecule has 1 aromatic carbocycles. The molecule has 0 bridgehead atoms. The van der Waals surface area contributed by atoms with Gasteiger partial charge in [0.05, 0.1) is 11.9 Å². The lowest BCUT2D eigenvalue weighted by Gasteiger charge is -2.18. The van der Waals surface area contributed by atoms with Crippen molar-refractivity contribution in [3.05, 3.63) is 36.2 Å². The lowest BCUT2D eigenvalue weighted by Crippen LogP contribution is -2.27. The summed E-state index contributed by atoms with van der Waals surface area (Å²) >= 11 is 0. The van der Waals surface area contributed by atoms with Gasteiger partial charge in [0.25, 0.3) is 5.91 Å². The number of aromatic nitrogens is 2. The van der Waals surface area contributed by atoms with Crippen LogP contribution in [0.4, 0.5) is 5.82 Å².